The molecule has 0 aliphatic carbocycles. The van der Waals surface area contributed by atoms with Gasteiger partial charge in [0.15, 0.2) is 11.5 Å². The van der Waals surface area contributed by atoms with Crippen LogP contribution in [0.3, 0.4) is 0 Å². The number of aromatic hydroxyl groups is 1. The summed E-state index contributed by atoms with van der Waals surface area (Å²) in [6.07, 6.45) is 0. The van der Waals surface area contributed by atoms with Crippen LogP contribution in [0.25, 0.3) is 0 Å². The molecule has 0 atom stereocenters. The van der Waals surface area contributed by atoms with Crippen molar-refractivity contribution in [2.75, 3.05) is 7.11 Å². The van der Waals surface area contributed by atoms with Gasteiger partial charge in [-0.2, -0.15) is 4.39 Å². The van der Waals surface area contributed by atoms with Gasteiger partial charge in [-0.05, 0) is 26.0 Å². The van der Waals surface area contributed by atoms with Gasteiger partial charge in [-0.3, -0.25) is 0 Å². The Hall–Kier alpha value is -1.29. The van der Waals surface area contributed by atoms with E-state index in [-0.39, 0.29) is 5.75 Å². The second-order valence-corrected chi connectivity index (χ2v) is 3.54. The van der Waals surface area contributed by atoms with Crippen molar-refractivity contribution in [1.29, 1.82) is 0 Å². The maximum atomic E-state index is 13.3. The third-order valence-corrected chi connectivity index (χ3v) is 1.94. The lowest BCUT2D eigenvalue weighted by Crippen LogP contribution is -2.17. The van der Waals surface area contributed by atoms with Gasteiger partial charge in [-0.1, -0.05) is 0 Å². The summed E-state index contributed by atoms with van der Waals surface area (Å²) in [6.45, 7) is 3.03. The number of methoxy groups -OCH3 is 1. The average molecular weight is 200 g/mol. The van der Waals surface area contributed by atoms with Crippen LogP contribution in [0.4, 0.5) is 4.39 Å². The van der Waals surface area contributed by atoms with E-state index in [2.05, 4.69) is 0 Å². The van der Waals surface area contributed by atoms with Crippen LogP contribution in [-0.2, 0) is 5.60 Å². The Kier molecular flexibility index (Phi) is 2.66. The van der Waals surface area contributed by atoms with Gasteiger partial charge < -0.3 is 14.9 Å². The largest absolute Gasteiger partial charge is 0.505 e. The monoisotopic (exact) mass is 200 g/mol. The van der Waals surface area contributed by atoms with Gasteiger partial charge in [0.05, 0.1) is 12.7 Å². The molecular formula is C10H13FO3. The van der Waals surface area contributed by atoms with Crippen LogP contribution in [0, 0.1) is 5.82 Å². The minimum absolute atomic E-state index is 0.127. The van der Waals surface area contributed by atoms with Crippen LogP contribution >= 0.6 is 0 Å². The molecule has 2 N–H and O–H groups in total. The molecule has 0 bridgehead atoms. The molecule has 3 nitrogen and oxygen atoms in total. The molecule has 1 rings (SSSR count). The summed E-state index contributed by atoms with van der Waals surface area (Å²) in [5.74, 6) is -1.47. The zero-order valence-corrected chi connectivity index (χ0v) is 8.34. The number of phenols is 1. The number of hydrogen-bond acceptors (Lipinski definition) is 3. The molecule has 0 unspecified atom stereocenters. The number of halogens is 1. The number of rotatable bonds is 2. The summed E-state index contributed by atoms with van der Waals surface area (Å²) in [4.78, 5) is 0. The summed E-state index contributed by atoms with van der Waals surface area (Å²) < 4.78 is 18.1. The molecule has 0 radical (unpaired) electrons. The maximum Gasteiger partial charge on any atom is 0.206 e. The van der Waals surface area contributed by atoms with Crippen molar-refractivity contribution in [3.63, 3.8) is 0 Å². The van der Waals surface area contributed by atoms with Crippen molar-refractivity contribution in [3.05, 3.63) is 23.5 Å². The minimum atomic E-state index is -1.21. The van der Waals surface area contributed by atoms with Crippen molar-refractivity contribution < 1.29 is 19.3 Å². The molecule has 0 fully saturated rings. The zero-order valence-electron chi connectivity index (χ0n) is 8.34. The fourth-order valence-electron chi connectivity index (χ4n) is 1.23. The van der Waals surface area contributed by atoms with Crippen molar-refractivity contribution in [3.8, 4) is 11.5 Å². The van der Waals surface area contributed by atoms with Crippen LogP contribution in [-0.4, -0.2) is 17.3 Å². The van der Waals surface area contributed by atoms with Gasteiger partial charge in [0.1, 0.15) is 0 Å². The lowest BCUT2D eigenvalue weighted by molar-refractivity contribution is 0.0748. The Morgan fingerprint density at radius 2 is 1.93 bits per heavy atom. The van der Waals surface area contributed by atoms with Gasteiger partial charge in [0, 0.05) is 5.56 Å². The first-order valence-corrected chi connectivity index (χ1v) is 4.16. The second kappa shape index (κ2) is 3.46. The Bertz CT molecular complexity index is 342. The van der Waals surface area contributed by atoms with Crippen molar-refractivity contribution in [2.45, 2.75) is 19.4 Å². The van der Waals surface area contributed by atoms with E-state index < -0.39 is 17.2 Å². The Morgan fingerprint density at radius 3 is 2.36 bits per heavy atom. The number of hydrogen-bond donors (Lipinski definition) is 2. The molecule has 0 amide bonds. The molecule has 0 saturated heterocycles. The van der Waals surface area contributed by atoms with Crippen LogP contribution in [0.5, 0.6) is 11.5 Å². The Morgan fingerprint density at radius 1 is 1.36 bits per heavy atom. The minimum Gasteiger partial charge on any atom is -0.505 e. The summed E-state index contributed by atoms with van der Waals surface area (Å²) >= 11 is 0. The summed E-state index contributed by atoms with van der Waals surface area (Å²) in [6, 6.07) is 2.61. The highest BCUT2D eigenvalue weighted by Crippen LogP contribution is 2.35. The number of phenolic OH excluding ortho intramolecular Hbond substituents is 1. The van der Waals surface area contributed by atoms with Crippen LogP contribution in [0.15, 0.2) is 12.1 Å². The molecule has 0 aromatic heterocycles. The fourth-order valence-corrected chi connectivity index (χ4v) is 1.23. The van der Waals surface area contributed by atoms with E-state index in [1.165, 1.54) is 33.1 Å². The van der Waals surface area contributed by atoms with E-state index in [0.717, 1.165) is 0 Å². The van der Waals surface area contributed by atoms with Crippen LogP contribution < -0.4 is 4.74 Å². The van der Waals surface area contributed by atoms with Crippen molar-refractivity contribution in [1.82, 2.24) is 0 Å². The highest BCUT2D eigenvalue weighted by molar-refractivity contribution is 5.44. The third kappa shape index (κ3) is 1.80. The van der Waals surface area contributed by atoms with Crippen LogP contribution in [0.2, 0.25) is 0 Å². The molecule has 4 heteroatoms. The van der Waals surface area contributed by atoms with Crippen molar-refractivity contribution in [2.24, 2.45) is 0 Å². The predicted octanol–water partition coefficient (Wildman–Crippen LogP) is 1.77. The molecule has 1 aromatic carbocycles. The van der Waals surface area contributed by atoms with Gasteiger partial charge in [-0.15, -0.1) is 0 Å². The lowest BCUT2D eigenvalue weighted by Gasteiger charge is -2.21. The van der Waals surface area contributed by atoms with Gasteiger partial charge in [0.25, 0.3) is 0 Å². The first kappa shape index (κ1) is 10.8. The summed E-state index contributed by atoms with van der Waals surface area (Å²) in [5, 5.41) is 18.8. The highest BCUT2D eigenvalue weighted by Gasteiger charge is 2.24. The smallest absolute Gasteiger partial charge is 0.206 e. The molecule has 0 heterocycles. The van der Waals surface area contributed by atoms with E-state index in [4.69, 9.17) is 9.84 Å². The number of benzene rings is 1. The van der Waals surface area contributed by atoms with E-state index in [1.54, 1.807) is 0 Å². The molecule has 14 heavy (non-hydrogen) atoms. The van der Waals surface area contributed by atoms with Gasteiger partial charge in [-0.25, -0.2) is 0 Å². The molecule has 1 aromatic rings. The summed E-state index contributed by atoms with van der Waals surface area (Å²) in [7, 11) is 1.28. The maximum absolute atomic E-state index is 13.3. The lowest BCUT2D eigenvalue weighted by atomic mass is 9.97. The van der Waals surface area contributed by atoms with Gasteiger partial charge in [0.2, 0.25) is 5.82 Å². The second-order valence-electron chi connectivity index (χ2n) is 3.54. The third-order valence-electron chi connectivity index (χ3n) is 1.94. The SMILES string of the molecule is COc1c(C(C)(C)O)ccc(O)c1F. The molecule has 0 spiro atoms. The van der Waals surface area contributed by atoms with Crippen LogP contribution in [0.1, 0.15) is 19.4 Å². The number of aliphatic hydroxyl groups is 1. The Balaban J connectivity index is 3.39. The normalized spacial score (nSPS) is 11.5. The molecule has 0 aliphatic rings. The molecule has 0 aliphatic heterocycles. The summed E-state index contributed by atoms with van der Waals surface area (Å²) in [5.41, 5.74) is -0.907. The molecule has 78 valence electrons. The van der Waals surface area contributed by atoms with E-state index in [9.17, 15) is 9.50 Å². The molecule has 0 saturated carbocycles. The predicted molar refractivity (Wildman–Crippen MR) is 49.9 cm³/mol. The fraction of sp³-hybridized carbons (Fsp3) is 0.400. The first-order chi connectivity index (χ1) is 6.38. The standard InChI is InChI=1S/C10H13FO3/c1-10(2,13)6-4-5-7(12)8(11)9(6)14-3/h4-5,12-13H,1-3H3. The Labute approximate surface area is 81.8 Å². The zero-order chi connectivity index (χ0) is 10.9. The highest BCUT2D eigenvalue weighted by atomic mass is 19.1. The average Bonchev–Trinajstić information content (AvgIpc) is 2.07. The van der Waals surface area contributed by atoms with E-state index in [0.29, 0.717) is 5.56 Å². The van der Waals surface area contributed by atoms with E-state index >= 15 is 0 Å². The topological polar surface area (TPSA) is 49.7 Å². The number of ether oxygens (including phenoxy) is 1. The van der Waals surface area contributed by atoms with Crippen molar-refractivity contribution >= 4 is 0 Å². The first-order valence-electron chi connectivity index (χ1n) is 4.16. The molecular weight excluding hydrogens is 187 g/mol. The van der Waals surface area contributed by atoms with E-state index in [1.807, 2.05) is 0 Å². The van der Waals surface area contributed by atoms with Gasteiger partial charge >= 0.3 is 0 Å². The quantitative estimate of drug-likeness (QED) is 0.764.